The summed E-state index contributed by atoms with van der Waals surface area (Å²) in [5.41, 5.74) is 6.77. The third-order valence-electron chi connectivity index (χ3n) is 2.49. The van der Waals surface area contributed by atoms with Crippen molar-refractivity contribution in [3.8, 4) is 0 Å². The Hall–Kier alpha value is -1.33. The summed E-state index contributed by atoms with van der Waals surface area (Å²) in [7, 11) is 1.65. The Kier molecular flexibility index (Phi) is 5.72. The molecule has 1 heterocycles. The normalized spacial score (nSPS) is 12.4. The second kappa shape index (κ2) is 7.09. The number of rotatable bonds is 7. The summed E-state index contributed by atoms with van der Waals surface area (Å²) in [6.45, 7) is 3.52. The highest BCUT2D eigenvalue weighted by molar-refractivity contribution is 5.75. The molecule has 1 aromatic heterocycles. The van der Waals surface area contributed by atoms with Crippen LogP contribution in [0, 0.1) is 0 Å². The molecule has 0 aromatic carbocycles. The van der Waals surface area contributed by atoms with Crippen molar-refractivity contribution in [3.63, 3.8) is 0 Å². The molecule has 5 nitrogen and oxygen atoms in total. The van der Waals surface area contributed by atoms with E-state index in [4.69, 9.17) is 10.5 Å². The number of ether oxygens (including phenoxy) is 1. The number of methoxy groups -OCH3 is 1. The Morgan fingerprint density at radius 3 is 3.06 bits per heavy atom. The van der Waals surface area contributed by atoms with Crippen molar-refractivity contribution in [2.45, 2.75) is 25.9 Å². The van der Waals surface area contributed by atoms with E-state index >= 15 is 0 Å². The average Bonchev–Trinajstić information content (AvgIpc) is 2.72. The molecule has 1 atom stereocenters. The zero-order valence-corrected chi connectivity index (χ0v) is 10.5. The minimum absolute atomic E-state index is 0.000738. The van der Waals surface area contributed by atoms with Gasteiger partial charge in [-0.25, -0.2) is 0 Å². The number of nitrogens with zero attached hydrogens (tertiary/aromatic N) is 1. The van der Waals surface area contributed by atoms with E-state index in [2.05, 4.69) is 5.32 Å². The molecule has 5 heteroatoms. The Labute approximate surface area is 102 Å². The van der Waals surface area contributed by atoms with Crippen LogP contribution in [0.1, 0.15) is 25.1 Å². The predicted molar refractivity (Wildman–Crippen MR) is 66.5 cm³/mol. The second-order valence-corrected chi connectivity index (χ2v) is 4.05. The van der Waals surface area contributed by atoms with Crippen molar-refractivity contribution >= 4 is 5.91 Å². The fourth-order valence-corrected chi connectivity index (χ4v) is 1.64. The van der Waals surface area contributed by atoms with Crippen LogP contribution in [0.5, 0.6) is 0 Å². The Bertz CT molecular complexity index is 347. The Morgan fingerprint density at radius 2 is 2.41 bits per heavy atom. The zero-order chi connectivity index (χ0) is 12.7. The maximum atomic E-state index is 11.6. The highest BCUT2D eigenvalue weighted by atomic mass is 16.5. The molecule has 0 saturated heterocycles. The molecule has 1 aromatic rings. The van der Waals surface area contributed by atoms with Gasteiger partial charge in [0.05, 0.1) is 0 Å². The molecule has 1 unspecified atom stereocenters. The van der Waals surface area contributed by atoms with E-state index in [1.54, 1.807) is 7.11 Å². The van der Waals surface area contributed by atoms with Crippen molar-refractivity contribution in [2.24, 2.45) is 5.73 Å². The molecule has 0 fully saturated rings. The van der Waals surface area contributed by atoms with Crippen molar-refractivity contribution < 1.29 is 9.53 Å². The highest BCUT2D eigenvalue weighted by Gasteiger charge is 2.08. The van der Waals surface area contributed by atoms with Gasteiger partial charge in [-0.1, -0.05) is 0 Å². The van der Waals surface area contributed by atoms with Gasteiger partial charge < -0.3 is 20.4 Å². The topological polar surface area (TPSA) is 69.3 Å². The molecule has 17 heavy (non-hydrogen) atoms. The molecule has 0 bridgehead atoms. The smallest absolute Gasteiger partial charge is 0.239 e. The van der Waals surface area contributed by atoms with Crippen molar-refractivity contribution in [3.05, 3.63) is 24.0 Å². The van der Waals surface area contributed by atoms with Crippen LogP contribution in [0.2, 0.25) is 0 Å². The number of carbonyl (C=O) groups excluding carboxylic acids is 1. The summed E-state index contributed by atoms with van der Waals surface area (Å²) in [6, 6.07) is 3.77. The number of nitrogens with two attached hydrogens (primary N) is 1. The van der Waals surface area contributed by atoms with Crippen LogP contribution in [0.3, 0.4) is 0 Å². The average molecular weight is 239 g/mol. The lowest BCUT2D eigenvalue weighted by Gasteiger charge is -2.12. The lowest BCUT2D eigenvalue weighted by atomic mass is 10.2. The fourth-order valence-electron chi connectivity index (χ4n) is 1.64. The predicted octanol–water partition coefficient (Wildman–Crippen LogP) is 0.660. The van der Waals surface area contributed by atoms with Gasteiger partial charge in [-0.2, -0.15) is 0 Å². The van der Waals surface area contributed by atoms with Gasteiger partial charge in [-0.05, 0) is 25.5 Å². The molecular formula is C12H21N3O2. The van der Waals surface area contributed by atoms with E-state index in [0.717, 1.165) is 12.1 Å². The molecule has 1 rings (SSSR count). The quantitative estimate of drug-likeness (QED) is 0.687. The second-order valence-electron chi connectivity index (χ2n) is 4.05. The first-order valence-electron chi connectivity index (χ1n) is 5.81. The first-order chi connectivity index (χ1) is 8.15. The molecule has 0 radical (unpaired) electrons. The Morgan fingerprint density at radius 1 is 1.65 bits per heavy atom. The van der Waals surface area contributed by atoms with Gasteiger partial charge in [0.2, 0.25) is 5.91 Å². The molecule has 0 aliphatic rings. The zero-order valence-electron chi connectivity index (χ0n) is 10.5. The highest BCUT2D eigenvalue weighted by Crippen LogP contribution is 2.10. The Balaban J connectivity index is 2.37. The van der Waals surface area contributed by atoms with Gasteiger partial charge in [-0.15, -0.1) is 0 Å². The van der Waals surface area contributed by atoms with Crippen molar-refractivity contribution in [1.82, 2.24) is 9.88 Å². The van der Waals surface area contributed by atoms with Gasteiger partial charge in [0.1, 0.15) is 6.54 Å². The van der Waals surface area contributed by atoms with Gasteiger partial charge in [0.25, 0.3) is 0 Å². The molecular weight excluding hydrogens is 218 g/mol. The van der Waals surface area contributed by atoms with Gasteiger partial charge in [-0.3, -0.25) is 4.79 Å². The lowest BCUT2D eigenvalue weighted by molar-refractivity contribution is -0.121. The summed E-state index contributed by atoms with van der Waals surface area (Å²) in [4.78, 5) is 11.6. The number of hydrogen-bond acceptors (Lipinski definition) is 3. The standard InChI is InChI=1S/C12H21N3O2/c1-10(13)11-5-3-7-15(11)9-12(16)14-6-4-8-17-2/h3,5,7,10H,4,6,8-9,13H2,1-2H3,(H,14,16). The molecule has 3 N–H and O–H groups in total. The van der Waals surface area contributed by atoms with E-state index < -0.39 is 0 Å². The number of amides is 1. The van der Waals surface area contributed by atoms with Crippen molar-refractivity contribution in [2.75, 3.05) is 20.3 Å². The summed E-state index contributed by atoms with van der Waals surface area (Å²) >= 11 is 0. The van der Waals surface area contributed by atoms with E-state index in [0.29, 0.717) is 19.7 Å². The first-order valence-corrected chi connectivity index (χ1v) is 5.81. The SMILES string of the molecule is COCCCNC(=O)Cn1cccc1C(C)N. The van der Waals surface area contributed by atoms with Crippen LogP contribution in [0.15, 0.2) is 18.3 Å². The van der Waals surface area contributed by atoms with E-state index in [-0.39, 0.29) is 11.9 Å². The fraction of sp³-hybridized carbons (Fsp3) is 0.583. The maximum Gasteiger partial charge on any atom is 0.239 e. The van der Waals surface area contributed by atoms with Crippen LogP contribution < -0.4 is 11.1 Å². The lowest BCUT2D eigenvalue weighted by Crippen LogP contribution is -2.29. The molecule has 0 saturated carbocycles. The van der Waals surface area contributed by atoms with Crippen LogP contribution in [0.25, 0.3) is 0 Å². The monoisotopic (exact) mass is 239 g/mol. The van der Waals surface area contributed by atoms with Crippen LogP contribution in [0.4, 0.5) is 0 Å². The third kappa shape index (κ3) is 4.58. The number of hydrogen-bond donors (Lipinski definition) is 2. The van der Waals surface area contributed by atoms with Crippen LogP contribution in [-0.4, -0.2) is 30.7 Å². The molecule has 0 spiro atoms. The largest absolute Gasteiger partial charge is 0.385 e. The summed E-state index contributed by atoms with van der Waals surface area (Å²) in [5.74, 6) is -0.000738. The van der Waals surface area contributed by atoms with Gasteiger partial charge in [0.15, 0.2) is 0 Å². The maximum absolute atomic E-state index is 11.6. The minimum Gasteiger partial charge on any atom is -0.385 e. The van der Waals surface area contributed by atoms with Crippen LogP contribution in [-0.2, 0) is 16.1 Å². The van der Waals surface area contributed by atoms with E-state index in [1.165, 1.54) is 0 Å². The van der Waals surface area contributed by atoms with E-state index in [1.807, 2.05) is 29.8 Å². The minimum atomic E-state index is -0.0636. The van der Waals surface area contributed by atoms with Gasteiger partial charge in [0, 0.05) is 38.2 Å². The van der Waals surface area contributed by atoms with Gasteiger partial charge >= 0.3 is 0 Å². The first kappa shape index (κ1) is 13.7. The number of nitrogens with one attached hydrogen (secondary N) is 1. The third-order valence-corrected chi connectivity index (χ3v) is 2.49. The molecule has 0 aliphatic heterocycles. The molecule has 96 valence electrons. The summed E-state index contributed by atoms with van der Waals surface area (Å²) in [6.07, 6.45) is 2.70. The summed E-state index contributed by atoms with van der Waals surface area (Å²) < 4.78 is 6.78. The van der Waals surface area contributed by atoms with E-state index in [9.17, 15) is 4.79 Å². The molecule has 1 amide bonds. The molecule has 0 aliphatic carbocycles. The van der Waals surface area contributed by atoms with Crippen molar-refractivity contribution in [1.29, 1.82) is 0 Å². The summed E-state index contributed by atoms with van der Waals surface area (Å²) in [5, 5.41) is 2.84. The van der Waals surface area contributed by atoms with Crippen LogP contribution >= 0.6 is 0 Å². The number of aromatic nitrogens is 1. The number of carbonyl (C=O) groups is 1.